The van der Waals surface area contributed by atoms with Gasteiger partial charge in [0.2, 0.25) is 17.7 Å². The summed E-state index contributed by atoms with van der Waals surface area (Å²) >= 11 is 4.22. The van der Waals surface area contributed by atoms with Crippen molar-refractivity contribution in [2.45, 2.75) is 37.8 Å². The van der Waals surface area contributed by atoms with Crippen LogP contribution < -0.4 is 21.3 Å². The van der Waals surface area contributed by atoms with Crippen molar-refractivity contribution < 1.29 is 14.4 Å². The third-order valence-corrected chi connectivity index (χ3v) is 6.60. The normalized spacial score (nSPS) is 19.1. The quantitative estimate of drug-likeness (QED) is 0.498. The summed E-state index contributed by atoms with van der Waals surface area (Å²) < 4.78 is 0. The summed E-state index contributed by atoms with van der Waals surface area (Å²) in [5, 5.41) is 16.0. The molecule has 0 saturated carbocycles. The highest BCUT2D eigenvalue weighted by Gasteiger charge is 2.28. The van der Waals surface area contributed by atoms with E-state index >= 15 is 0 Å². The van der Waals surface area contributed by atoms with E-state index in [-0.39, 0.29) is 42.4 Å². The number of nitrogens with zero attached hydrogens (tertiary/aromatic N) is 1. The van der Waals surface area contributed by atoms with Gasteiger partial charge >= 0.3 is 0 Å². The van der Waals surface area contributed by atoms with Crippen molar-refractivity contribution in [2.24, 2.45) is 0 Å². The molecule has 0 bridgehead atoms. The molecule has 0 spiro atoms. The second-order valence-electron chi connectivity index (χ2n) is 6.23. The molecule has 4 N–H and O–H groups in total. The maximum Gasteiger partial charge on any atom is 0.236 e. The number of thioether (sulfide) groups is 1. The van der Waals surface area contributed by atoms with Crippen molar-refractivity contribution in [3.05, 3.63) is 33.5 Å². The molecule has 8 nitrogen and oxygen atoms in total. The Balaban J connectivity index is 1.41. The van der Waals surface area contributed by atoms with Crippen LogP contribution in [0.4, 0.5) is 5.13 Å². The van der Waals surface area contributed by atoms with Crippen LogP contribution >= 0.6 is 34.4 Å². The number of carbonyl (C=O) groups is 3. The number of anilines is 1. The van der Waals surface area contributed by atoms with Crippen LogP contribution in [0.3, 0.4) is 0 Å². The molecular weight excluding hydrogens is 418 g/mol. The van der Waals surface area contributed by atoms with Crippen molar-refractivity contribution >= 4 is 57.3 Å². The lowest BCUT2D eigenvalue weighted by molar-refractivity contribution is -0.125. The first-order chi connectivity index (χ1) is 13.5. The van der Waals surface area contributed by atoms with E-state index in [1.807, 2.05) is 29.8 Å². The van der Waals surface area contributed by atoms with Gasteiger partial charge in [-0.15, -0.1) is 34.4 Å². The van der Waals surface area contributed by atoms with Crippen LogP contribution in [-0.2, 0) is 20.9 Å². The van der Waals surface area contributed by atoms with Crippen molar-refractivity contribution in [3.63, 3.8) is 0 Å². The molecule has 1 aliphatic rings. The van der Waals surface area contributed by atoms with Gasteiger partial charge in [0, 0.05) is 29.1 Å². The van der Waals surface area contributed by atoms with Crippen LogP contribution in [0.15, 0.2) is 22.9 Å². The van der Waals surface area contributed by atoms with Crippen LogP contribution in [-0.4, -0.2) is 40.0 Å². The standard InChI is InChI=1S/C17H21N5O3S3/c1-10-8-27-16(19-10)22-15(25)9-28-17-20-11(6-14(24)21-17)5-13(23)18-7-12-3-2-4-26-12/h2-4,8,11,17,20H,5-7,9H2,1H3,(H,18,23)(H,21,24)(H,19,22,25). The maximum absolute atomic E-state index is 12.1. The van der Waals surface area contributed by atoms with E-state index in [1.165, 1.54) is 23.1 Å². The molecule has 2 atom stereocenters. The van der Waals surface area contributed by atoms with Crippen molar-refractivity contribution in [1.29, 1.82) is 0 Å². The first-order valence-electron chi connectivity index (χ1n) is 8.66. The number of carbonyl (C=O) groups excluding carboxylic acids is 3. The summed E-state index contributed by atoms with van der Waals surface area (Å²) in [5.74, 6) is -0.274. The minimum atomic E-state index is -0.417. The molecule has 2 aromatic heterocycles. The molecule has 3 heterocycles. The van der Waals surface area contributed by atoms with Gasteiger partial charge < -0.3 is 16.0 Å². The minimum absolute atomic E-state index is 0.110. The van der Waals surface area contributed by atoms with Gasteiger partial charge in [0.05, 0.1) is 18.0 Å². The Bertz CT molecular complexity index is 824. The largest absolute Gasteiger partial charge is 0.351 e. The summed E-state index contributed by atoms with van der Waals surface area (Å²) in [4.78, 5) is 41.4. The van der Waals surface area contributed by atoms with E-state index in [9.17, 15) is 14.4 Å². The minimum Gasteiger partial charge on any atom is -0.351 e. The second-order valence-corrected chi connectivity index (χ2v) is 9.21. The van der Waals surface area contributed by atoms with Gasteiger partial charge in [-0.2, -0.15) is 0 Å². The van der Waals surface area contributed by atoms with Crippen molar-refractivity contribution in [3.8, 4) is 0 Å². The Kier molecular flexibility index (Phi) is 7.43. The smallest absolute Gasteiger partial charge is 0.236 e. The number of thiazole rings is 1. The highest BCUT2D eigenvalue weighted by Crippen LogP contribution is 2.17. The van der Waals surface area contributed by atoms with Gasteiger partial charge in [0.25, 0.3) is 0 Å². The van der Waals surface area contributed by atoms with E-state index in [2.05, 4.69) is 26.3 Å². The number of nitrogens with one attached hydrogen (secondary N) is 4. The molecule has 28 heavy (non-hydrogen) atoms. The summed E-state index contributed by atoms with van der Waals surface area (Å²) in [7, 11) is 0. The monoisotopic (exact) mass is 439 g/mol. The fourth-order valence-corrected chi connectivity index (χ4v) is 4.83. The number of rotatable bonds is 8. The van der Waals surface area contributed by atoms with Gasteiger partial charge in [-0.05, 0) is 18.4 Å². The summed E-state index contributed by atoms with van der Waals surface area (Å²) in [6, 6.07) is 3.63. The lowest BCUT2D eigenvalue weighted by Gasteiger charge is -2.30. The van der Waals surface area contributed by atoms with E-state index in [0.717, 1.165) is 10.6 Å². The molecule has 2 unspecified atom stereocenters. The van der Waals surface area contributed by atoms with Gasteiger partial charge in [0.1, 0.15) is 5.50 Å². The molecule has 0 radical (unpaired) electrons. The molecule has 3 rings (SSSR count). The molecular formula is C17H21N5O3S3. The molecule has 3 amide bonds. The van der Waals surface area contributed by atoms with Crippen LogP contribution in [0.25, 0.3) is 0 Å². The van der Waals surface area contributed by atoms with E-state index in [0.29, 0.717) is 11.7 Å². The Hall–Kier alpha value is -1.95. The van der Waals surface area contributed by atoms with Gasteiger partial charge in [-0.1, -0.05) is 6.07 Å². The number of aromatic nitrogens is 1. The SMILES string of the molecule is Cc1csc(NC(=O)CSC2NC(=O)CC(CC(=O)NCc3cccs3)N2)n1. The molecule has 0 aromatic carbocycles. The Morgan fingerprint density at radius 3 is 2.93 bits per heavy atom. The summed E-state index contributed by atoms with van der Waals surface area (Å²) in [6.07, 6.45) is 0.439. The van der Waals surface area contributed by atoms with Gasteiger partial charge in [0.15, 0.2) is 5.13 Å². The number of thiophene rings is 1. The fourth-order valence-electron chi connectivity index (χ4n) is 2.59. The molecule has 1 saturated heterocycles. The Labute approximate surface area is 174 Å². The molecule has 11 heteroatoms. The average Bonchev–Trinajstić information content (AvgIpc) is 3.29. The Morgan fingerprint density at radius 2 is 2.21 bits per heavy atom. The van der Waals surface area contributed by atoms with Crippen molar-refractivity contribution in [2.75, 3.05) is 11.1 Å². The zero-order valence-electron chi connectivity index (χ0n) is 15.2. The molecule has 2 aromatic rings. The van der Waals surface area contributed by atoms with Crippen LogP contribution in [0, 0.1) is 6.92 Å². The average molecular weight is 440 g/mol. The Morgan fingerprint density at radius 1 is 1.36 bits per heavy atom. The van der Waals surface area contributed by atoms with Crippen LogP contribution in [0.1, 0.15) is 23.4 Å². The fraction of sp³-hybridized carbons (Fsp3) is 0.412. The molecule has 0 aliphatic carbocycles. The van der Waals surface area contributed by atoms with E-state index in [4.69, 9.17) is 0 Å². The third-order valence-electron chi connectivity index (χ3n) is 3.83. The van der Waals surface area contributed by atoms with E-state index < -0.39 is 5.50 Å². The first-order valence-corrected chi connectivity index (χ1v) is 11.5. The predicted molar refractivity (Wildman–Crippen MR) is 112 cm³/mol. The number of hydrogen-bond donors (Lipinski definition) is 4. The molecule has 150 valence electrons. The highest BCUT2D eigenvalue weighted by atomic mass is 32.2. The third kappa shape index (κ3) is 6.59. The predicted octanol–water partition coefficient (Wildman–Crippen LogP) is 1.65. The van der Waals surface area contributed by atoms with Gasteiger partial charge in [-0.25, -0.2) is 4.98 Å². The first kappa shape index (κ1) is 20.8. The topological polar surface area (TPSA) is 112 Å². The number of hydrogen-bond acceptors (Lipinski definition) is 8. The zero-order chi connectivity index (χ0) is 19.9. The highest BCUT2D eigenvalue weighted by molar-refractivity contribution is 8.00. The van der Waals surface area contributed by atoms with Gasteiger partial charge in [-0.3, -0.25) is 19.7 Å². The molecule has 1 fully saturated rings. The number of amides is 3. The second kappa shape index (κ2) is 10.0. The molecule has 1 aliphatic heterocycles. The lowest BCUT2D eigenvalue weighted by atomic mass is 10.1. The van der Waals surface area contributed by atoms with Crippen LogP contribution in [0.5, 0.6) is 0 Å². The van der Waals surface area contributed by atoms with Crippen molar-refractivity contribution in [1.82, 2.24) is 20.9 Å². The lowest BCUT2D eigenvalue weighted by Crippen LogP contribution is -2.56. The summed E-state index contributed by atoms with van der Waals surface area (Å²) in [5.41, 5.74) is 0.439. The maximum atomic E-state index is 12.1. The van der Waals surface area contributed by atoms with Crippen LogP contribution in [0.2, 0.25) is 0 Å². The van der Waals surface area contributed by atoms with E-state index in [1.54, 1.807) is 11.3 Å². The zero-order valence-corrected chi connectivity index (χ0v) is 17.6. The number of aryl methyl sites for hydroxylation is 1. The summed E-state index contributed by atoms with van der Waals surface area (Å²) in [6.45, 7) is 2.35.